The van der Waals surface area contributed by atoms with E-state index in [2.05, 4.69) is 25.7 Å². The Morgan fingerprint density at radius 1 is 1.16 bits per heavy atom. The van der Waals surface area contributed by atoms with Gasteiger partial charge in [0.25, 0.3) is 0 Å². The van der Waals surface area contributed by atoms with Crippen molar-refractivity contribution in [2.75, 3.05) is 39.0 Å². The van der Waals surface area contributed by atoms with Crippen LogP contribution in [0, 0.1) is 5.82 Å². The van der Waals surface area contributed by atoms with E-state index in [4.69, 9.17) is 0 Å². The number of piperazine rings is 1. The van der Waals surface area contributed by atoms with Crippen LogP contribution in [0.2, 0.25) is 0 Å². The standard InChI is InChI=1S/C22H28FN3O4S/c1-30-22(27)19-5-6-20(21(23)14-19)15-25-31(28,29)12-7-17-3-2-4-18(13-17)16-26-10-8-24-9-11-26/h2-6,13-14,24-25H,7-12,15-16H2,1H3. The Bertz CT molecular complexity index is 1010. The first-order chi connectivity index (χ1) is 14.9. The number of nitrogens with one attached hydrogen (secondary N) is 2. The highest BCUT2D eigenvalue weighted by molar-refractivity contribution is 7.89. The van der Waals surface area contributed by atoms with E-state index in [0.717, 1.165) is 49.9 Å². The molecule has 1 saturated heterocycles. The number of hydrogen-bond donors (Lipinski definition) is 2. The first-order valence-electron chi connectivity index (χ1n) is 10.2. The molecule has 0 spiro atoms. The van der Waals surface area contributed by atoms with Gasteiger partial charge in [0.05, 0.1) is 18.4 Å². The number of halogens is 1. The minimum Gasteiger partial charge on any atom is -0.465 e. The summed E-state index contributed by atoms with van der Waals surface area (Å²) in [5.41, 5.74) is 2.35. The van der Waals surface area contributed by atoms with Gasteiger partial charge in [-0.3, -0.25) is 4.90 Å². The van der Waals surface area contributed by atoms with Gasteiger partial charge in [-0.2, -0.15) is 0 Å². The molecule has 0 bridgehead atoms. The normalized spacial score (nSPS) is 15.0. The quantitative estimate of drug-likeness (QED) is 0.567. The number of nitrogens with zero attached hydrogens (tertiary/aromatic N) is 1. The minimum atomic E-state index is -3.59. The van der Waals surface area contributed by atoms with Gasteiger partial charge >= 0.3 is 5.97 Å². The molecule has 0 aliphatic carbocycles. The first-order valence-corrected chi connectivity index (χ1v) is 11.9. The molecule has 1 heterocycles. The topological polar surface area (TPSA) is 87.7 Å². The fraction of sp³-hybridized carbons (Fsp3) is 0.409. The molecule has 2 N–H and O–H groups in total. The van der Waals surface area contributed by atoms with Crippen molar-refractivity contribution in [3.8, 4) is 0 Å². The molecule has 9 heteroatoms. The molecular weight excluding hydrogens is 421 g/mol. The Labute approximate surface area is 182 Å². The molecule has 0 atom stereocenters. The number of sulfonamides is 1. The maximum atomic E-state index is 14.2. The predicted molar refractivity (Wildman–Crippen MR) is 117 cm³/mol. The lowest BCUT2D eigenvalue weighted by molar-refractivity contribution is 0.0600. The van der Waals surface area contributed by atoms with Crippen LogP contribution in [-0.2, 0) is 34.3 Å². The maximum absolute atomic E-state index is 14.2. The van der Waals surface area contributed by atoms with E-state index in [1.54, 1.807) is 0 Å². The summed E-state index contributed by atoms with van der Waals surface area (Å²) in [5, 5.41) is 3.33. The number of esters is 1. The number of methoxy groups -OCH3 is 1. The minimum absolute atomic E-state index is 0.0762. The lowest BCUT2D eigenvalue weighted by Crippen LogP contribution is -2.42. The summed E-state index contributed by atoms with van der Waals surface area (Å²) in [4.78, 5) is 13.8. The molecule has 31 heavy (non-hydrogen) atoms. The number of ether oxygens (including phenoxy) is 1. The Kier molecular flexibility index (Phi) is 8.14. The van der Waals surface area contributed by atoms with E-state index in [1.165, 1.54) is 19.2 Å². The van der Waals surface area contributed by atoms with Crippen LogP contribution in [0.15, 0.2) is 42.5 Å². The SMILES string of the molecule is COC(=O)c1ccc(CNS(=O)(=O)CCc2cccc(CN3CCNCC3)c2)c(F)c1. The second-order valence-electron chi connectivity index (χ2n) is 7.53. The first kappa shape index (κ1) is 23.3. The molecule has 0 amide bonds. The zero-order valence-corrected chi connectivity index (χ0v) is 18.4. The fourth-order valence-electron chi connectivity index (χ4n) is 3.46. The molecular formula is C22H28FN3O4S. The number of hydrogen-bond acceptors (Lipinski definition) is 6. The molecule has 2 aromatic carbocycles. The summed E-state index contributed by atoms with van der Waals surface area (Å²) >= 11 is 0. The van der Waals surface area contributed by atoms with Crippen molar-refractivity contribution in [1.29, 1.82) is 0 Å². The third-order valence-electron chi connectivity index (χ3n) is 5.22. The third kappa shape index (κ3) is 7.10. The molecule has 7 nitrogen and oxygen atoms in total. The summed E-state index contributed by atoms with van der Waals surface area (Å²) in [6.07, 6.45) is 0.370. The summed E-state index contributed by atoms with van der Waals surface area (Å²) in [6.45, 7) is 4.63. The van der Waals surface area contributed by atoms with Crippen molar-refractivity contribution in [2.45, 2.75) is 19.5 Å². The average Bonchev–Trinajstić information content (AvgIpc) is 2.77. The van der Waals surface area contributed by atoms with E-state index < -0.39 is 21.8 Å². The van der Waals surface area contributed by atoms with E-state index in [-0.39, 0.29) is 23.4 Å². The van der Waals surface area contributed by atoms with E-state index >= 15 is 0 Å². The number of rotatable bonds is 9. The molecule has 168 valence electrons. The summed E-state index contributed by atoms with van der Waals surface area (Å²) in [6, 6.07) is 11.8. The van der Waals surface area contributed by atoms with Crippen molar-refractivity contribution in [1.82, 2.24) is 14.9 Å². The second-order valence-corrected chi connectivity index (χ2v) is 9.46. The number of benzene rings is 2. The molecule has 1 aliphatic rings. The smallest absolute Gasteiger partial charge is 0.337 e. The summed E-state index contributed by atoms with van der Waals surface area (Å²) in [5.74, 6) is -1.40. The lowest BCUT2D eigenvalue weighted by Gasteiger charge is -2.27. The van der Waals surface area contributed by atoms with Crippen LogP contribution in [0.3, 0.4) is 0 Å². The number of carbonyl (C=O) groups is 1. The highest BCUT2D eigenvalue weighted by atomic mass is 32.2. The molecule has 0 saturated carbocycles. The molecule has 2 aromatic rings. The van der Waals surface area contributed by atoms with E-state index in [1.807, 2.05) is 18.2 Å². The Morgan fingerprint density at radius 2 is 1.90 bits per heavy atom. The van der Waals surface area contributed by atoms with Crippen LogP contribution in [0.1, 0.15) is 27.0 Å². The van der Waals surface area contributed by atoms with Crippen LogP contribution < -0.4 is 10.0 Å². The number of carbonyl (C=O) groups excluding carboxylic acids is 1. The highest BCUT2D eigenvalue weighted by Gasteiger charge is 2.15. The average molecular weight is 450 g/mol. The molecule has 0 aromatic heterocycles. The van der Waals surface area contributed by atoms with Gasteiger partial charge in [-0.25, -0.2) is 22.3 Å². The van der Waals surface area contributed by atoms with Crippen molar-refractivity contribution in [3.63, 3.8) is 0 Å². The summed E-state index contributed by atoms with van der Waals surface area (Å²) in [7, 11) is -2.38. The van der Waals surface area contributed by atoms with E-state index in [0.29, 0.717) is 6.42 Å². The van der Waals surface area contributed by atoms with Crippen LogP contribution in [-0.4, -0.2) is 58.3 Å². The van der Waals surface area contributed by atoms with Crippen molar-refractivity contribution in [3.05, 3.63) is 70.5 Å². The Hall–Kier alpha value is -2.33. The van der Waals surface area contributed by atoms with Gasteiger partial charge in [0.1, 0.15) is 5.82 Å². The van der Waals surface area contributed by atoms with Gasteiger partial charge in [0.2, 0.25) is 10.0 Å². The van der Waals surface area contributed by atoms with Gasteiger partial charge in [-0.15, -0.1) is 0 Å². The molecule has 3 rings (SSSR count). The Morgan fingerprint density at radius 3 is 2.61 bits per heavy atom. The highest BCUT2D eigenvalue weighted by Crippen LogP contribution is 2.13. The zero-order chi connectivity index (χ0) is 22.3. The molecule has 1 aliphatic heterocycles. The van der Waals surface area contributed by atoms with Crippen LogP contribution in [0.5, 0.6) is 0 Å². The van der Waals surface area contributed by atoms with Crippen LogP contribution in [0.25, 0.3) is 0 Å². The predicted octanol–water partition coefficient (Wildman–Crippen LogP) is 1.68. The van der Waals surface area contributed by atoms with Gasteiger partial charge < -0.3 is 10.1 Å². The van der Waals surface area contributed by atoms with Crippen molar-refractivity contribution in [2.24, 2.45) is 0 Å². The van der Waals surface area contributed by atoms with Crippen LogP contribution >= 0.6 is 0 Å². The van der Waals surface area contributed by atoms with Crippen LogP contribution in [0.4, 0.5) is 4.39 Å². The van der Waals surface area contributed by atoms with E-state index in [9.17, 15) is 17.6 Å². The largest absolute Gasteiger partial charge is 0.465 e. The van der Waals surface area contributed by atoms with Crippen molar-refractivity contribution < 1.29 is 22.3 Å². The van der Waals surface area contributed by atoms with Gasteiger partial charge in [-0.05, 0) is 29.7 Å². The second kappa shape index (κ2) is 10.8. The zero-order valence-electron chi connectivity index (χ0n) is 17.6. The monoisotopic (exact) mass is 449 g/mol. The van der Waals surface area contributed by atoms with Gasteiger partial charge in [0, 0.05) is 44.8 Å². The van der Waals surface area contributed by atoms with Gasteiger partial charge in [0.15, 0.2) is 0 Å². The maximum Gasteiger partial charge on any atom is 0.337 e. The van der Waals surface area contributed by atoms with Gasteiger partial charge in [-0.1, -0.05) is 30.3 Å². The lowest BCUT2D eigenvalue weighted by atomic mass is 10.1. The van der Waals surface area contributed by atoms with Crippen molar-refractivity contribution >= 4 is 16.0 Å². The molecule has 0 radical (unpaired) electrons. The molecule has 0 unspecified atom stereocenters. The molecule has 1 fully saturated rings. The summed E-state index contributed by atoms with van der Waals surface area (Å²) < 4.78 is 45.9. The third-order valence-corrected chi connectivity index (χ3v) is 6.55. The Balaban J connectivity index is 1.53. The number of aryl methyl sites for hydroxylation is 1. The fourth-order valence-corrected chi connectivity index (χ4v) is 4.48.